The molecule has 0 aliphatic carbocycles. The van der Waals surface area contributed by atoms with Crippen molar-refractivity contribution in [3.8, 4) is 23.0 Å². The fourth-order valence-corrected chi connectivity index (χ4v) is 3.03. The molecule has 0 bridgehead atoms. The lowest BCUT2D eigenvalue weighted by Gasteiger charge is -2.17. The monoisotopic (exact) mass is 634 g/mol. The van der Waals surface area contributed by atoms with E-state index in [2.05, 4.69) is 6.58 Å². The first-order valence-electron chi connectivity index (χ1n) is 14.6. The van der Waals surface area contributed by atoms with Gasteiger partial charge >= 0.3 is 0 Å². The molecular formula is C36H50N4O6. The molecule has 250 valence electrons. The number of phenolic OH excluding ortho intramolecular Hbond substituents is 2. The summed E-state index contributed by atoms with van der Waals surface area (Å²) in [6.45, 7) is 15.9. The predicted octanol–water partition coefficient (Wildman–Crippen LogP) is 7.02. The molecule has 10 heteroatoms. The summed E-state index contributed by atoms with van der Waals surface area (Å²) in [5, 5.41) is 17.8. The normalized spacial score (nSPS) is 9.28. The lowest BCUT2D eigenvalue weighted by atomic mass is 10.2. The van der Waals surface area contributed by atoms with Gasteiger partial charge in [0, 0.05) is 22.7 Å². The number of nitrogen functional groups attached to an aromatic ring is 4. The van der Waals surface area contributed by atoms with Crippen LogP contribution in [0.1, 0.15) is 38.8 Å². The average Bonchev–Trinajstić information content (AvgIpc) is 3.02. The summed E-state index contributed by atoms with van der Waals surface area (Å²) < 4.78 is 16.0. The zero-order chi connectivity index (χ0) is 35.1. The molecule has 0 aromatic heterocycles. The molecule has 0 unspecified atom stereocenters. The van der Waals surface area contributed by atoms with Crippen molar-refractivity contribution in [3.63, 3.8) is 0 Å². The van der Waals surface area contributed by atoms with E-state index >= 15 is 0 Å². The number of benzene rings is 4. The van der Waals surface area contributed by atoms with Crippen molar-refractivity contribution in [1.29, 1.82) is 0 Å². The topological polar surface area (TPSA) is 189 Å². The third kappa shape index (κ3) is 18.9. The summed E-state index contributed by atoms with van der Waals surface area (Å²) in [4.78, 5) is 10.6. The van der Waals surface area contributed by atoms with Gasteiger partial charge in [-0.3, -0.25) is 4.79 Å². The van der Waals surface area contributed by atoms with Gasteiger partial charge in [-0.25, -0.2) is 0 Å². The fourth-order valence-electron chi connectivity index (χ4n) is 3.03. The molecular weight excluding hydrogens is 584 g/mol. The number of carbonyl (C=O) groups is 1. The van der Waals surface area contributed by atoms with Gasteiger partial charge in [-0.15, -0.1) is 6.58 Å². The summed E-state index contributed by atoms with van der Waals surface area (Å²) in [5.41, 5.74) is 27.9. The zero-order valence-electron chi connectivity index (χ0n) is 27.7. The Hall–Kier alpha value is -5.51. The largest absolute Gasteiger partial charge is 0.508 e. The number of rotatable bonds is 8. The number of anilines is 4. The van der Waals surface area contributed by atoms with Crippen LogP contribution < -0.4 is 32.4 Å². The Morgan fingerprint density at radius 2 is 1.02 bits per heavy atom. The first-order chi connectivity index (χ1) is 21.8. The van der Waals surface area contributed by atoms with E-state index in [0.29, 0.717) is 40.7 Å². The molecule has 46 heavy (non-hydrogen) atoms. The maximum Gasteiger partial charge on any atom is 0.293 e. The minimum absolute atomic E-state index is 0.178. The standard InChI is InChI=1S/C16H18N2O4.2C7H9NO.C4H8.C2H6/c17-12-1-5-14(6-2-12)20-9-16(22-11-19)10-21-15-7-3-13(18)4-8-15;2*1-5-4-6(9)2-3-7(5)8;1-4(2)3;1-2/h1-8,11,16H,9-10,17-18H2;2*2-4,9H,8H2,1H3;1H2,2-3H3;1-2H3. The molecule has 4 aromatic carbocycles. The first kappa shape index (κ1) is 40.5. The number of nitrogens with two attached hydrogens (primary N) is 4. The van der Waals surface area contributed by atoms with Crippen LogP contribution in [-0.4, -0.2) is 36.0 Å². The van der Waals surface area contributed by atoms with E-state index in [1.165, 1.54) is 5.57 Å². The highest BCUT2D eigenvalue weighted by Crippen LogP contribution is 2.18. The Kier molecular flexibility index (Phi) is 20.2. The van der Waals surface area contributed by atoms with E-state index in [9.17, 15) is 4.79 Å². The second-order valence-electron chi connectivity index (χ2n) is 9.90. The van der Waals surface area contributed by atoms with E-state index in [0.717, 1.165) is 11.1 Å². The SMILES string of the molecule is C=C(C)C.CC.Cc1cc(O)ccc1N.Cc1cc(O)ccc1N.Nc1ccc(OCC(COc2ccc(N)cc2)OC=O)cc1. The first-order valence-corrected chi connectivity index (χ1v) is 14.6. The minimum Gasteiger partial charge on any atom is -0.508 e. The van der Waals surface area contributed by atoms with Crippen LogP contribution in [0, 0.1) is 13.8 Å². The maximum atomic E-state index is 10.6. The van der Waals surface area contributed by atoms with Gasteiger partial charge in [0.25, 0.3) is 6.47 Å². The van der Waals surface area contributed by atoms with Crippen molar-refractivity contribution in [2.24, 2.45) is 0 Å². The molecule has 0 spiro atoms. The number of phenols is 2. The van der Waals surface area contributed by atoms with E-state index in [1.54, 1.807) is 84.9 Å². The summed E-state index contributed by atoms with van der Waals surface area (Å²) in [6, 6.07) is 23.7. The highest BCUT2D eigenvalue weighted by Gasteiger charge is 2.12. The van der Waals surface area contributed by atoms with Crippen LogP contribution in [0.4, 0.5) is 22.7 Å². The summed E-state index contributed by atoms with van der Waals surface area (Å²) in [6.07, 6.45) is -0.521. The number of hydrogen-bond acceptors (Lipinski definition) is 10. The van der Waals surface area contributed by atoms with Gasteiger partial charge in [-0.1, -0.05) is 19.4 Å². The number of aromatic hydroxyl groups is 2. The molecule has 4 rings (SSSR count). The van der Waals surface area contributed by atoms with Crippen LogP contribution in [0.15, 0.2) is 97.1 Å². The highest BCUT2D eigenvalue weighted by atomic mass is 16.6. The van der Waals surface area contributed by atoms with Crippen molar-refractivity contribution >= 4 is 29.2 Å². The lowest BCUT2D eigenvalue weighted by molar-refractivity contribution is -0.136. The molecule has 0 saturated carbocycles. The molecule has 0 atom stereocenters. The van der Waals surface area contributed by atoms with Gasteiger partial charge < -0.3 is 47.4 Å². The molecule has 0 radical (unpaired) electrons. The molecule has 0 heterocycles. The highest BCUT2D eigenvalue weighted by molar-refractivity contribution is 5.50. The predicted molar refractivity (Wildman–Crippen MR) is 190 cm³/mol. The van der Waals surface area contributed by atoms with E-state index in [1.807, 2.05) is 41.5 Å². The van der Waals surface area contributed by atoms with E-state index in [-0.39, 0.29) is 24.7 Å². The quantitative estimate of drug-likeness (QED) is 0.0508. The van der Waals surface area contributed by atoms with Crippen LogP contribution >= 0.6 is 0 Å². The van der Waals surface area contributed by atoms with Crippen LogP contribution in [0.2, 0.25) is 0 Å². The van der Waals surface area contributed by atoms with Crippen molar-refractivity contribution in [2.45, 2.75) is 47.6 Å². The van der Waals surface area contributed by atoms with Crippen molar-refractivity contribution in [3.05, 3.63) is 108 Å². The Bertz CT molecular complexity index is 1320. The Morgan fingerprint density at radius 1 is 0.696 bits per heavy atom. The molecule has 0 aliphatic heterocycles. The lowest BCUT2D eigenvalue weighted by Crippen LogP contribution is -2.28. The summed E-state index contributed by atoms with van der Waals surface area (Å²) in [5.74, 6) is 1.81. The van der Waals surface area contributed by atoms with Crippen LogP contribution in [0.25, 0.3) is 0 Å². The van der Waals surface area contributed by atoms with Gasteiger partial charge in [0.1, 0.15) is 36.2 Å². The number of carbonyl (C=O) groups excluding carboxylic acids is 1. The number of allylic oxidation sites excluding steroid dienone is 1. The second kappa shape index (κ2) is 22.9. The van der Waals surface area contributed by atoms with Gasteiger partial charge in [-0.2, -0.15) is 0 Å². The van der Waals surface area contributed by atoms with Crippen molar-refractivity contribution < 1.29 is 29.2 Å². The minimum atomic E-state index is -0.521. The fraction of sp³-hybridized carbons (Fsp3) is 0.250. The number of aryl methyl sites for hydroxylation is 2. The third-order valence-corrected chi connectivity index (χ3v) is 5.39. The maximum absolute atomic E-state index is 10.6. The third-order valence-electron chi connectivity index (χ3n) is 5.39. The Labute approximate surface area is 273 Å². The molecule has 10 nitrogen and oxygen atoms in total. The van der Waals surface area contributed by atoms with Gasteiger partial charge in [0.05, 0.1) is 0 Å². The average molecular weight is 635 g/mol. The molecule has 0 amide bonds. The number of hydrogen-bond donors (Lipinski definition) is 6. The molecule has 0 saturated heterocycles. The smallest absolute Gasteiger partial charge is 0.293 e. The van der Waals surface area contributed by atoms with E-state index in [4.69, 9.17) is 47.4 Å². The molecule has 0 aliphatic rings. The van der Waals surface area contributed by atoms with Crippen LogP contribution in [-0.2, 0) is 9.53 Å². The second-order valence-corrected chi connectivity index (χ2v) is 9.90. The number of ether oxygens (including phenoxy) is 3. The van der Waals surface area contributed by atoms with Gasteiger partial charge in [0.15, 0.2) is 6.10 Å². The van der Waals surface area contributed by atoms with E-state index < -0.39 is 6.10 Å². The van der Waals surface area contributed by atoms with Crippen LogP contribution in [0.5, 0.6) is 23.0 Å². The zero-order valence-corrected chi connectivity index (χ0v) is 27.7. The summed E-state index contributed by atoms with van der Waals surface area (Å²) >= 11 is 0. The van der Waals surface area contributed by atoms with Gasteiger partial charge in [0.2, 0.25) is 0 Å². The Morgan fingerprint density at radius 3 is 1.28 bits per heavy atom. The summed E-state index contributed by atoms with van der Waals surface area (Å²) in [7, 11) is 0. The van der Waals surface area contributed by atoms with Gasteiger partial charge in [-0.05, 0) is 124 Å². The van der Waals surface area contributed by atoms with Crippen LogP contribution in [0.3, 0.4) is 0 Å². The molecule has 10 N–H and O–H groups in total. The molecule has 0 fully saturated rings. The van der Waals surface area contributed by atoms with Crippen molar-refractivity contribution in [1.82, 2.24) is 0 Å². The Balaban J connectivity index is 0.000000693. The van der Waals surface area contributed by atoms with Crippen molar-refractivity contribution in [2.75, 3.05) is 36.1 Å². The molecule has 4 aromatic rings.